The van der Waals surface area contributed by atoms with Crippen molar-refractivity contribution in [3.63, 3.8) is 0 Å². The molecule has 6 nitrogen and oxygen atoms in total. The van der Waals surface area contributed by atoms with E-state index in [-0.39, 0.29) is 6.10 Å². The summed E-state index contributed by atoms with van der Waals surface area (Å²) >= 11 is 0. The molecule has 1 fully saturated rings. The third-order valence-electron chi connectivity index (χ3n) is 3.26. The van der Waals surface area contributed by atoms with Gasteiger partial charge in [0.05, 0.1) is 12.7 Å². The van der Waals surface area contributed by atoms with Crippen LogP contribution in [-0.2, 0) is 14.3 Å². The normalized spacial score (nSPS) is 21.6. The number of carbonyl (C=O) groups is 2. The Bertz CT molecular complexity index is 317. The Morgan fingerprint density at radius 3 is 2.72 bits per heavy atom. The summed E-state index contributed by atoms with van der Waals surface area (Å²) < 4.78 is 5.53. The zero-order valence-corrected chi connectivity index (χ0v) is 11.2. The van der Waals surface area contributed by atoms with Crippen LogP contribution >= 0.6 is 0 Å². The lowest BCUT2D eigenvalue weighted by Gasteiger charge is -2.32. The first-order valence-electron chi connectivity index (χ1n) is 6.23. The van der Waals surface area contributed by atoms with E-state index >= 15 is 0 Å². The summed E-state index contributed by atoms with van der Waals surface area (Å²) in [6.45, 7) is 8.49. The molecular weight excluding hydrogens is 236 g/mol. The van der Waals surface area contributed by atoms with E-state index in [1.165, 1.54) is 13.8 Å². The molecule has 1 aliphatic rings. The molecule has 1 saturated heterocycles. The molecule has 0 radical (unpaired) electrons. The number of amides is 1. The molecule has 1 amide bonds. The molecule has 0 aliphatic carbocycles. The Balaban J connectivity index is 2.41. The predicted molar refractivity (Wildman–Crippen MR) is 66.3 cm³/mol. The fourth-order valence-corrected chi connectivity index (χ4v) is 1.72. The first-order valence-corrected chi connectivity index (χ1v) is 6.23. The standard InChI is InChI=1S/C12H22N2O4/c1-4-14-5-6-18-9(8-14)7-13-10(15)12(2,3)11(16)17/h9H,4-8H2,1-3H3,(H,13,15)(H,16,17). The molecule has 1 unspecified atom stereocenters. The summed E-state index contributed by atoms with van der Waals surface area (Å²) in [4.78, 5) is 24.9. The zero-order chi connectivity index (χ0) is 13.8. The second-order valence-corrected chi connectivity index (χ2v) is 5.03. The Hall–Kier alpha value is -1.14. The lowest BCUT2D eigenvalue weighted by molar-refractivity contribution is -0.153. The van der Waals surface area contributed by atoms with Gasteiger partial charge in [0, 0.05) is 19.6 Å². The number of carbonyl (C=O) groups excluding carboxylic acids is 1. The van der Waals surface area contributed by atoms with Crippen molar-refractivity contribution in [1.82, 2.24) is 10.2 Å². The second-order valence-electron chi connectivity index (χ2n) is 5.03. The van der Waals surface area contributed by atoms with Crippen LogP contribution in [0, 0.1) is 5.41 Å². The molecule has 0 bridgehead atoms. The van der Waals surface area contributed by atoms with Crippen LogP contribution in [0.15, 0.2) is 0 Å². The SMILES string of the molecule is CCN1CCOC(CNC(=O)C(C)(C)C(=O)O)C1. The van der Waals surface area contributed by atoms with Gasteiger partial charge in [0.15, 0.2) is 0 Å². The van der Waals surface area contributed by atoms with Crippen LogP contribution in [0.5, 0.6) is 0 Å². The maximum atomic E-state index is 11.7. The highest BCUT2D eigenvalue weighted by Gasteiger charge is 2.36. The van der Waals surface area contributed by atoms with Gasteiger partial charge >= 0.3 is 5.97 Å². The van der Waals surface area contributed by atoms with E-state index in [0.29, 0.717) is 13.2 Å². The van der Waals surface area contributed by atoms with Crippen LogP contribution in [0.25, 0.3) is 0 Å². The number of morpholine rings is 1. The van der Waals surface area contributed by atoms with Crippen molar-refractivity contribution in [2.45, 2.75) is 26.9 Å². The average Bonchev–Trinajstić information content (AvgIpc) is 2.35. The number of nitrogens with one attached hydrogen (secondary N) is 1. The Morgan fingerprint density at radius 1 is 1.50 bits per heavy atom. The van der Waals surface area contributed by atoms with Crippen LogP contribution in [-0.4, -0.2) is 60.8 Å². The number of hydrogen-bond donors (Lipinski definition) is 2. The summed E-state index contributed by atoms with van der Waals surface area (Å²) in [6.07, 6.45) is -0.0627. The van der Waals surface area contributed by atoms with Crippen LogP contribution in [0.3, 0.4) is 0 Å². The first-order chi connectivity index (χ1) is 8.37. The molecule has 104 valence electrons. The van der Waals surface area contributed by atoms with E-state index in [2.05, 4.69) is 17.1 Å². The van der Waals surface area contributed by atoms with Gasteiger partial charge in [0.2, 0.25) is 5.91 Å². The van der Waals surface area contributed by atoms with Crippen molar-refractivity contribution in [3.05, 3.63) is 0 Å². The van der Waals surface area contributed by atoms with Gasteiger partial charge in [-0.25, -0.2) is 0 Å². The fourth-order valence-electron chi connectivity index (χ4n) is 1.72. The van der Waals surface area contributed by atoms with Gasteiger partial charge in [0.25, 0.3) is 0 Å². The number of likely N-dealkylation sites (N-methyl/N-ethyl adjacent to an activating group) is 1. The fraction of sp³-hybridized carbons (Fsp3) is 0.833. The molecule has 2 N–H and O–H groups in total. The van der Waals surface area contributed by atoms with Gasteiger partial charge in [-0.15, -0.1) is 0 Å². The van der Waals surface area contributed by atoms with Crippen molar-refractivity contribution in [3.8, 4) is 0 Å². The number of hydrogen-bond acceptors (Lipinski definition) is 4. The van der Waals surface area contributed by atoms with Gasteiger partial charge in [0.1, 0.15) is 5.41 Å². The number of carboxylic acids is 1. The third kappa shape index (κ3) is 3.68. The highest BCUT2D eigenvalue weighted by atomic mass is 16.5. The first kappa shape index (κ1) is 14.9. The van der Waals surface area contributed by atoms with Gasteiger partial charge in [-0.3, -0.25) is 14.5 Å². The number of nitrogens with zero attached hydrogens (tertiary/aromatic N) is 1. The van der Waals surface area contributed by atoms with E-state index in [4.69, 9.17) is 9.84 Å². The highest BCUT2D eigenvalue weighted by molar-refractivity contribution is 6.00. The quantitative estimate of drug-likeness (QED) is 0.675. The zero-order valence-electron chi connectivity index (χ0n) is 11.2. The van der Waals surface area contributed by atoms with Crippen molar-refractivity contribution in [2.75, 3.05) is 32.8 Å². The molecule has 0 aromatic heterocycles. The number of rotatable bonds is 5. The lowest BCUT2D eigenvalue weighted by atomic mass is 9.92. The smallest absolute Gasteiger partial charge is 0.318 e. The summed E-state index contributed by atoms with van der Waals surface area (Å²) in [5, 5.41) is 11.6. The molecule has 1 rings (SSSR count). The molecule has 0 aromatic carbocycles. The van der Waals surface area contributed by atoms with Crippen LogP contribution in [0.1, 0.15) is 20.8 Å². The van der Waals surface area contributed by atoms with Crippen molar-refractivity contribution in [2.24, 2.45) is 5.41 Å². The molecule has 1 atom stereocenters. The third-order valence-corrected chi connectivity index (χ3v) is 3.26. The average molecular weight is 258 g/mol. The molecule has 18 heavy (non-hydrogen) atoms. The molecule has 1 heterocycles. The van der Waals surface area contributed by atoms with Crippen LogP contribution in [0.4, 0.5) is 0 Å². The lowest BCUT2D eigenvalue weighted by Crippen LogP contribution is -2.50. The topological polar surface area (TPSA) is 78.9 Å². The van der Waals surface area contributed by atoms with E-state index in [9.17, 15) is 9.59 Å². The summed E-state index contributed by atoms with van der Waals surface area (Å²) in [5.74, 6) is -1.60. The minimum absolute atomic E-state index is 0.0627. The number of aliphatic carboxylic acids is 1. The Morgan fingerprint density at radius 2 is 2.17 bits per heavy atom. The van der Waals surface area contributed by atoms with Crippen molar-refractivity contribution in [1.29, 1.82) is 0 Å². The minimum atomic E-state index is -1.40. The van der Waals surface area contributed by atoms with Gasteiger partial charge in [-0.2, -0.15) is 0 Å². The second kappa shape index (κ2) is 6.15. The number of carboxylic acid groups (broad SMARTS) is 1. The summed E-state index contributed by atoms with van der Waals surface area (Å²) in [7, 11) is 0. The Labute approximate surface area is 107 Å². The number of ether oxygens (including phenoxy) is 1. The minimum Gasteiger partial charge on any atom is -0.480 e. The molecular formula is C12H22N2O4. The monoisotopic (exact) mass is 258 g/mol. The Kier molecular flexibility index (Phi) is 5.10. The van der Waals surface area contributed by atoms with Crippen LogP contribution in [0.2, 0.25) is 0 Å². The maximum absolute atomic E-state index is 11.7. The van der Waals surface area contributed by atoms with E-state index in [0.717, 1.165) is 19.6 Å². The summed E-state index contributed by atoms with van der Waals surface area (Å²) in [5.41, 5.74) is -1.40. The largest absolute Gasteiger partial charge is 0.480 e. The van der Waals surface area contributed by atoms with Crippen molar-refractivity contribution >= 4 is 11.9 Å². The molecule has 0 spiro atoms. The van der Waals surface area contributed by atoms with Gasteiger partial charge < -0.3 is 15.2 Å². The van der Waals surface area contributed by atoms with Crippen LogP contribution < -0.4 is 5.32 Å². The summed E-state index contributed by atoms with van der Waals surface area (Å²) in [6, 6.07) is 0. The molecule has 0 aromatic rings. The molecule has 0 saturated carbocycles. The van der Waals surface area contributed by atoms with Gasteiger partial charge in [-0.05, 0) is 20.4 Å². The highest BCUT2D eigenvalue weighted by Crippen LogP contribution is 2.15. The molecule has 1 aliphatic heterocycles. The predicted octanol–water partition coefficient (Wildman–Crippen LogP) is -0.0659. The van der Waals surface area contributed by atoms with E-state index < -0.39 is 17.3 Å². The van der Waals surface area contributed by atoms with E-state index in [1.54, 1.807) is 0 Å². The maximum Gasteiger partial charge on any atom is 0.318 e. The van der Waals surface area contributed by atoms with Crippen molar-refractivity contribution < 1.29 is 19.4 Å². The molecule has 6 heteroatoms. The van der Waals surface area contributed by atoms with E-state index in [1.807, 2.05) is 0 Å². The van der Waals surface area contributed by atoms with Gasteiger partial charge in [-0.1, -0.05) is 6.92 Å².